The Morgan fingerprint density at radius 3 is 2.78 bits per heavy atom. The molecule has 1 aromatic rings. The van der Waals surface area contributed by atoms with Crippen LogP contribution < -0.4 is 5.32 Å². The summed E-state index contributed by atoms with van der Waals surface area (Å²) in [7, 11) is 3.75. The Kier molecular flexibility index (Phi) is 5.34. The largest absolute Gasteiger partial charge is 0.342 e. The van der Waals surface area contributed by atoms with Crippen molar-refractivity contribution >= 4 is 5.91 Å². The summed E-state index contributed by atoms with van der Waals surface area (Å²) in [6.07, 6.45) is 2.92. The molecule has 0 fully saturated rings. The van der Waals surface area contributed by atoms with Crippen LogP contribution in [-0.4, -0.2) is 40.2 Å². The minimum atomic E-state index is 0.118. The first-order valence-corrected chi connectivity index (χ1v) is 6.43. The molecular formula is C13H24N4O. The van der Waals surface area contributed by atoms with Gasteiger partial charge in [-0.25, -0.2) is 0 Å². The van der Waals surface area contributed by atoms with Crippen LogP contribution in [0.1, 0.15) is 32.0 Å². The highest BCUT2D eigenvalue weighted by Crippen LogP contribution is 2.06. The fourth-order valence-corrected chi connectivity index (χ4v) is 1.75. The predicted molar refractivity (Wildman–Crippen MR) is 72.2 cm³/mol. The maximum absolute atomic E-state index is 11.8. The summed E-state index contributed by atoms with van der Waals surface area (Å²) in [6.45, 7) is 7.16. The number of carbonyl (C=O) groups is 1. The van der Waals surface area contributed by atoms with Crippen LogP contribution in [0.5, 0.6) is 0 Å². The molecule has 0 atom stereocenters. The third-order valence-corrected chi connectivity index (χ3v) is 3.09. The lowest BCUT2D eigenvalue weighted by atomic mass is 10.2. The first-order valence-electron chi connectivity index (χ1n) is 6.43. The molecule has 5 nitrogen and oxygen atoms in total. The van der Waals surface area contributed by atoms with Gasteiger partial charge in [-0.2, -0.15) is 5.10 Å². The van der Waals surface area contributed by atoms with E-state index in [1.54, 1.807) is 4.90 Å². The molecule has 1 rings (SSSR count). The molecule has 0 unspecified atom stereocenters. The van der Waals surface area contributed by atoms with E-state index < -0.39 is 0 Å². The van der Waals surface area contributed by atoms with Crippen molar-refractivity contribution in [2.24, 2.45) is 7.05 Å². The Morgan fingerprint density at radius 1 is 1.56 bits per heavy atom. The zero-order chi connectivity index (χ0) is 13.7. The average molecular weight is 252 g/mol. The van der Waals surface area contributed by atoms with Crippen LogP contribution in [0.15, 0.2) is 6.20 Å². The fraction of sp³-hybridized carbons (Fsp3) is 0.692. The summed E-state index contributed by atoms with van der Waals surface area (Å²) in [4.78, 5) is 13.5. The number of rotatable bonds is 6. The van der Waals surface area contributed by atoms with Crippen LogP contribution in [0.4, 0.5) is 0 Å². The van der Waals surface area contributed by atoms with E-state index in [-0.39, 0.29) is 11.9 Å². The van der Waals surface area contributed by atoms with E-state index in [1.165, 1.54) is 5.56 Å². The Balaban J connectivity index is 2.44. The van der Waals surface area contributed by atoms with Crippen LogP contribution in [0.25, 0.3) is 0 Å². The minimum absolute atomic E-state index is 0.118. The monoisotopic (exact) mass is 252 g/mol. The third-order valence-electron chi connectivity index (χ3n) is 3.09. The maximum Gasteiger partial charge on any atom is 0.236 e. The number of aryl methyl sites for hydroxylation is 2. The molecule has 1 N–H and O–H groups in total. The van der Waals surface area contributed by atoms with E-state index in [0.29, 0.717) is 13.1 Å². The zero-order valence-electron chi connectivity index (χ0n) is 12.0. The van der Waals surface area contributed by atoms with Crippen molar-refractivity contribution in [2.45, 2.75) is 39.8 Å². The van der Waals surface area contributed by atoms with E-state index in [0.717, 1.165) is 12.1 Å². The molecule has 18 heavy (non-hydrogen) atoms. The molecule has 102 valence electrons. The highest BCUT2D eigenvalue weighted by Gasteiger charge is 2.12. The van der Waals surface area contributed by atoms with Gasteiger partial charge in [-0.3, -0.25) is 9.48 Å². The first kappa shape index (κ1) is 14.7. The summed E-state index contributed by atoms with van der Waals surface area (Å²) < 4.78 is 1.82. The number of carbonyl (C=O) groups excluding carboxylic acids is 1. The van der Waals surface area contributed by atoms with Crippen molar-refractivity contribution in [3.63, 3.8) is 0 Å². The molecule has 1 amide bonds. The molecule has 0 aliphatic rings. The van der Waals surface area contributed by atoms with Crippen molar-refractivity contribution in [2.75, 3.05) is 13.6 Å². The smallest absolute Gasteiger partial charge is 0.236 e. The normalized spacial score (nSPS) is 11.0. The van der Waals surface area contributed by atoms with Crippen molar-refractivity contribution in [1.82, 2.24) is 20.0 Å². The molecule has 0 aliphatic carbocycles. The first-order chi connectivity index (χ1) is 8.45. The topological polar surface area (TPSA) is 50.2 Å². The molecule has 1 heterocycles. The van der Waals surface area contributed by atoms with Gasteiger partial charge in [0.2, 0.25) is 5.91 Å². The highest BCUT2D eigenvalue weighted by molar-refractivity contribution is 5.78. The summed E-state index contributed by atoms with van der Waals surface area (Å²) in [6, 6.07) is 0.240. The van der Waals surface area contributed by atoms with E-state index >= 15 is 0 Å². The molecule has 1 aromatic heterocycles. The second kappa shape index (κ2) is 6.54. The van der Waals surface area contributed by atoms with Gasteiger partial charge in [0.25, 0.3) is 0 Å². The quantitative estimate of drug-likeness (QED) is 0.819. The summed E-state index contributed by atoms with van der Waals surface area (Å²) in [5, 5.41) is 7.55. The van der Waals surface area contributed by atoms with Gasteiger partial charge in [0.05, 0.1) is 12.2 Å². The molecule has 0 saturated carbocycles. The highest BCUT2D eigenvalue weighted by atomic mass is 16.2. The molecule has 0 bridgehead atoms. The number of hydrogen-bond acceptors (Lipinski definition) is 3. The second-order valence-corrected chi connectivity index (χ2v) is 4.83. The van der Waals surface area contributed by atoms with E-state index in [4.69, 9.17) is 0 Å². The van der Waals surface area contributed by atoms with Gasteiger partial charge in [-0.15, -0.1) is 0 Å². The Morgan fingerprint density at radius 2 is 2.22 bits per heavy atom. The summed E-state index contributed by atoms with van der Waals surface area (Å²) in [5.41, 5.74) is 2.26. The number of amides is 1. The molecule has 5 heteroatoms. The second-order valence-electron chi connectivity index (χ2n) is 4.83. The number of nitrogens with one attached hydrogen (secondary N) is 1. The van der Waals surface area contributed by atoms with Gasteiger partial charge >= 0.3 is 0 Å². The number of likely N-dealkylation sites (N-methyl/N-ethyl adjacent to an activating group) is 1. The van der Waals surface area contributed by atoms with Crippen LogP contribution in [0.3, 0.4) is 0 Å². The zero-order valence-corrected chi connectivity index (χ0v) is 12.0. The van der Waals surface area contributed by atoms with Crippen molar-refractivity contribution in [3.8, 4) is 0 Å². The van der Waals surface area contributed by atoms with Crippen LogP contribution in [0, 0.1) is 0 Å². The molecule has 0 saturated heterocycles. The number of aromatic nitrogens is 2. The van der Waals surface area contributed by atoms with Crippen molar-refractivity contribution in [3.05, 3.63) is 17.5 Å². The standard InChI is InChI=1S/C13H24N4O/c1-6-12-11(9-16(4)15-12)7-14-8-13(18)17(5)10(2)3/h9-10,14H,6-8H2,1-5H3. The Labute approximate surface area is 109 Å². The predicted octanol–water partition coefficient (Wildman–Crippen LogP) is 0.939. The van der Waals surface area contributed by atoms with Crippen molar-refractivity contribution in [1.29, 1.82) is 0 Å². The summed E-state index contributed by atoms with van der Waals surface area (Å²) >= 11 is 0. The van der Waals surface area contributed by atoms with Gasteiger partial charge in [0.15, 0.2) is 0 Å². The van der Waals surface area contributed by atoms with Gasteiger partial charge < -0.3 is 10.2 Å². The molecule has 0 radical (unpaired) electrons. The molecule has 0 aliphatic heterocycles. The molecule has 0 spiro atoms. The maximum atomic E-state index is 11.8. The fourth-order valence-electron chi connectivity index (χ4n) is 1.75. The van der Waals surface area contributed by atoms with Gasteiger partial charge in [0.1, 0.15) is 0 Å². The third kappa shape index (κ3) is 3.84. The SMILES string of the molecule is CCc1nn(C)cc1CNCC(=O)N(C)C(C)C. The van der Waals surface area contributed by atoms with Gasteiger partial charge in [0, 0.05) is 38.4 Å². The van der Waals surface area contributed by atoms with E-state index in [1.807, 2.05) is 38.8 Å². The van der Waals surface area contributed by atoms with Crippen LogP contribution in [-0.2, 0) is 24.8 Å². The van der Waals surface area contributed by atoms with Crippen LogP contribution in [0.2, 0.25) is 0 Å². The van der Waals surface area contributed by atoms with E-state index in [9.17, 15) is 4.79 Å². The lowest BCUT2D eigenvalue weighted by molar-refractivity contribution is -0.130. The molecular weight excluding hydrogens is 228 g/mol. The Hall–Kier alpha value is -1.36. The average Bonchev–Trinajstić information content (AvgIpc) is 2.68. The van der Waals surface area contributed by atoms with Gasteiger partial charge in [-0.05, 0) is 20.3 Å². The number of nitrogens with zero attached hydrogens (tertiary/aromatic N) is 3. The van der Waals surface area contributed by atoms with Crippen LogP contribution >= 0.6 is 0 Å². The van der Waals surface area contributed by atoms with Crippen molar-refractivity contribution < 1.29 is 4.79 Å². The lowest BCUT2D eigenvalue weighted by Gasteiger charge is -2.21. The summed E-state index contributed by atoms with van der Waals surface area (Å²) in [5.74, 6) is 0.118. The Bertz CT molecular complexity index is 398. The lowest BCUT2D eigenvalue weighted by Crippen LogP contribution is -2.39. The minimum Gasteiger partial charge on any atom is -0.342 e. The number of hydrogen-bond donors (Lipinski definition) is 1. The van der Waals surface area contributed by atoms with Gasteiger partial charge in [-0.1, -0.05) is 6.92 Å². The molecule has 0 aromatic carbocycles. The van der Waals surface area contributed by atoms with E-state index in [2.05, 4.69) is 17.3 Å².